The highest BCUT2D eigenvalue weighted by Crippen LogP contribution is 2.48. The molecule has 0 aliphatic carbocycles. The van der Waals surface area contributed by atoms with E-state index in [9.17, 15) is 19.5 Å². The van der Waals surface area contributed by atoms with Crippen molar-refractivity contribution in [3.63, 3.8) is 0 Å². The number of halogens is 1. The van der Waals surface area contributed by atoms with Gasteiger partial charge >= 0.3 is 5.97 Å². The molecule has 0 aromatic heterocycles. The van der Waals surface area contributed by atoms with Gasteiger partial charge in [0.25, 0.3) is 0 Å². The largest absolute Gasteiger partial charge is 0.480 e. The fourth-order valence-electron chi connectivity index (χ4n) is 5.19. The van der Waals surface area contributed by atoms with Gasteiger partial charge in [-0.25, -0.2) is 4.79 Å². The van der Waals surface area contributed by atoms with E-state index >= 15 is 0 Å². The summed E-state index contributed by atoms with van der Waals surface area (Å²) in [6.07, 6.45) is 0.0932. The number of carbonyl (C=O) groups excluding carboxylic acids is 2. The number of carbonyl (C=O) groups is 3. The van der Waals surface area contributed by atoms with Crippen LogP contribution in [0.15, 0.2) is 115 Å². The summed E-state index contributed by atoms with van der Waals surface area (Å²) in [7, 11) is 0. The van der Waals surface area contributed by atoms with Gasteiger partial charge in [-0.3, -0.25) is 9.59 Å². The third-order valence-electron chi connectivity index (χ3n) is 7.58. The number of aliphatic carboxylic acids is 1. The molecular weight excluding hydrogens is 638 g/mol. The molecule has 240 valence electrons. The summed E-state index contributed by atoms with van der Waals surface area (Å²) in [6.45, 7) is 3.18. The maximum Gasteiger partial charge on any atom is 0.327 e. The van der Waals surface area contributed by atoms with Crippen LogP contribution in [0.1, 0.15) is 36.1 Å². The molecule has 0 fully saturated rings. The lowest BCUT2D eigenvalue weighted by atomic mass is 9.84. The molecule has 0 heterocycles. The maximum atomic E-state index is 13.7. The number of carboxylic acid groups (broad SMARTS) is 1. The number of hydrogen-bond donors (Lipinski definition) is 5. The lowest BCUT2D eigenvalue weighted by Gasteiger charge is -2.36. The van der Waals surface area contributed by atoms with Gasteiger partial charge in [0.2, 0.25) is 11.8 Å². The number of benzene rings is 4. The van der Waals surface area contributed by atoms with Gasteiger partial charge in [0.15, 0.2) is 0 Å². The average molecular weight is 676 g/mol. The molecule has 7 nitrogen and oxygen atoms in total. The maximum absolute atomic E-state index is 13.7. The molecule has 4 aromatic rings. The van der Waals surface area contributed by atoms with E-state index in [1.165, 1.54) is 11.8 Å². The number of thiol groups is 1. The van der Waals surface area contributed by atoms with Crippen LogP contribution in [-0.2, 0) is 25.6 Å². The molecular formula is C36H38ClN3O4S2. The summed E-state index contributed by atoms with van der Waals surface area (Å²) in [5.41, 5.74) is 10.4. The van der Waals surface area contributed by atoms with Crippen molar-refractivity contribution in [1.29, 1.82) is 0 Å². The normalized spacial score (nSPS) is 13.7. The second-order valence-corrected chi connectivity index (χ2v) is 14.3. The smallest absolute Gasteiger partial charge is 0.327 e. The van der Waals surface area contributed by atoms with Crippen LogP contribution in [0, 0.1) is 0 Å². The third-order valence-corrected chi connectivity index (χ3v) is 9.76. The van der Waals surface area contributed by atoms with Gasteiger partial charge in [0.05, 0.1) is 10.8 Å². The first-order valence-electron chi connectivity index (χ1n) is 14.8. The summed E-state index contributed by atoms with van der Waals surface area (Å²) < 4.78 is -1.76. The number of rotatable bonds is 14. The van der Waals surface area contributed by atoms with Gasteiger partial charge in [-0.1, -0.05) is 115 Å². The minimum Gasteiger partial charge on any atom is -0.480 e. The van der Waals surface area contributed by atoms with Gasteiger partial charge in [-0.15, -0.1) is 11.8 Å². The lowest BCUT2D eigenvalue weighted by Crippen LogP contribution is -2.59. The SMILES string of the molecule is CC(C)(S)[C@@H](NC(=O)[C@@H](Cc1ccc(Cl)cc1)NC(=O)[C@@H](N)CSC(c1ccccc1)(c1ccccc1)c1ccccc1)C(=O)O. The number of amides is 2. The number of nitrogens with two attached hydrogens (primary N) is 1. The monoisotopic (exact) mass is 675 g/mol. The summed E-state index contributed by atoms with van der Waals surface area (Å²) in [5.74, 6) is -2.23. The van der Waals surface area contributed by atoms with Crippen molar-refractivity contribution in [3.05, 3.63) is 143 Å². The van der Waals surface area contributed by atoms with Crippen LogP contribution in [0.3, 0.4) is 0 Å². The van der Waals surface area contributed by atoms with Gasteiger partial charge < -0.3 is 21.5 Å². The molecule has 0 radical (unpaired) electrons. The van der Waals surface area contributed by atoms with E-state index in [1.807, 2.05) is 54.6 Å². The van der Waals surface area contributed by atoms with E-state index < -0.39 is 45.4 Å². The molecule has 0 aliphatic rings. The van der Waals surface area contributed by atoms with Crippen LogP contribution in [0.5, 0.6) is 0 Å². The lowest BCUT2D eigenvalue weighted by molar-refractivity contribution is -0.143. The Morgan fingerprint density at radius 1 is 0.783 bits per heavy atom. The molecule has 5 N–H and O–H groups in total. The van der Waals surface area contributed by atoms with Crippen molar-refractivity contribution < 1.29 is 19.5 Å². The van der Waals surface area contributed by atoms with Crippen LogP contribution in [0.2, 0.25) is 5.02 Å². The summed E-state index contributed by atoms with van der Waals surface area (Å²) in [4.78, 5) is 39.1. The van der Waals surface area contributed by atoms with Crippen molar-refractivity contribution >= 4 is 53.8 Å². The van der Waals surface area contributed by atoms with Crippen molar-refractivity contribution in [1.82, 2.24) is 10.6 Å². The minimum atomic E-state index is -1.31. The zero-order chi connectivity index (χ0) is 33.3. The number of nitrogens with one attached hydrogen (secondary N) is 2. The van der Waals surface area contributed by atoms with Crippen LogP contribution < -0.4 is 16.4 Å². The van der Waals surface area contributed by atoms with E-state index in [4.69, 9.17) is 17.3 Å². The molecule has 3 atom stereocenters. The van der Waals surface area contributed by atoms with Crippen LogP contribution in [0.4, 0.5) is 0 Å². The minimum absolute atomic E-state index is 0.0932. The van der Waals surface area contributed by atoms with Crippen molar-refractivity contribution in [3.8, 4) is 0 Å². The first-order valence-corrected chi connectivity index (χ1v) is 16.6. The Labute approximate surface area is 284 Å². The molecule has 4 aromatic carbocycles. The van der Waals surface area contributed by atoms with Crippen LogP contribution in [-0.4, -0.2) is 51.5 Å². The molecule has 0 aliphatic heterocycles. The predicted molar refractivity (Wildman–Crippen MR) is 189 cm³/mol. The third kappa shape index (κ3) is 8.73. The molecule has 46 heavy (non-hydrogen) atoms. The van der Waals surface area contributed by atoms with Gasteiger partial charge in [-0.05, 0) is 48.2 Å². The van der Waals surface area contributed by atoms with Crippen molar-refractivity contribution in [2.75, 3.05) is 5.75 Å². The zero-order valence-corrected chi connectivity index (χ0v) is 28.1. The highest BCUT2D eigenvalue weighted by Gasteiger charge is 2.39. The quantitative estimate of drug-likeness (QED) is 0.0864. The molecule has 4 rings (SSSR count). The van der Waals surface area contributed by atoms with E-state index in [1.54, 1.807) is 38.1 Å². The van der Waals surface area contributed by atoms with Gasteiger partial charge in [0, 0.05) is 21.9 Å². The number of carboxylic acids is 1. The molecule has 0 saturated heterocycles. The summed E-state index contributed by atoms with van der Waals surface area (Å²) >= 11 is 12.0. The van der Waals surface area contributed by atoms with Crippen LogP contribution in [0.25, 0.3) is 0 Å². The highest BCUT2D eigenvalue weighted by molar-refractivity contribution is 8.00. The zero-order valence-electron chi connectivity index (χ0n) is 25.6. The molecule has 0 bridgehead atoms. The summed E-state index contributed by atoms with van der Waals surface area (Å²) in [5, 5.41) is 15.6. The van der Waals surface area contributed by atoms with Crippen molar-refractivity contribution in [2.45, 2.75) is 47.9 Å². The average Bonchev–Trinajstić information content (AvgIpc) is 3.05. The fourth-order valence-corrected chi connectivity index (χ4v) is 6.98. The molecule has 0 saturated carbocycles. The standard InChI is InChI=1S/C36H38ClN3O4S2/c1-35(2,45)31(34(43)44)40-33(42)30(22-24-18-20-28(37)21-19-24)39-32(41)29(38)23-46-36(25-12-6-3-7-13-25,26-14-8-4-9-15-26)27-16-10-5-11-17-27/h3-21,29-31,45H,22-23,38H2,1-2H3,(H,39,41)(H,40,42)(H,43,44)/t29-,30+,31-/m0/s1. The Morgan fingerprint density at radius 2 is 1.24 bits per heavy atom. The Morgan fingerprint density at radius 3 is 1.65 bits per heavy atom. The fraction of sp³-hybridized carbons (Fsp3) is 0.250. The van der Waals surface area contributed by atoms with E-state index in [0.29, 0.717) is 5.02 Å². The second-order valence-electron chi connectivity index (χ2n) is 11.5. The number of hydrogen-bond acceptors (Lipinski definition) is 6. The molecule has 2 amide bonds. The Hall–Kier alpha value is -3.76. The second kappa shape index (κ2) is 15.7. The van der Waals surface area contributed by atoms with Crippen molar-refractivity contribution in [2.24, 2.45) is 5.73 Å². The first-order chi connectivity index (χ1) is 21.9. The summed E-state index contributed by atoms with van der Waals surface area (Å²) in [6, 6.07) is 33.6. The molecule has 0 spiro atoms. The van der Waals surface area contributed by atoms with E-state index in [0.717, 1.165) is 22.3 Å². The highest BCUT2D eigenvalue weighted by atomic mass is 35.5. The first kappa shape index (κ1) is 35.1. The van der Waals surface area contributed by atoms with E-state index in [2.05, 4.69) is 59.7 Å². The van der Waals surface area contributed by atoms with Gasteiger partial charge in [-0.2, -0.15) is 12.6 Å². The molecule has 10 heteroatoms. The Kier molecular flexibility index (Phi) is 12.0. The molecule has 0 unspecified atom stereocenters. The Balaban J connectivity index is 1.62. The Bertz CT molecular complexity index is 1500. The van der Waals surface area contributed by atoms with Gasteiger partial charge in [0.1, 0.15) is 12.1 Å². The number of thioether (sulfide) groups is 1. The topological polar surface area (TPSA) is 122 Å². The van der Waals surface area contributed by atoms with E-state index in [-0.39, 0.29) is 12.2 Å². The van der Waals surface area contributed by atoms with Crippen LogP contribution >= 0.6 is 36.0 Å². The predicted octanol–water partition coefficient (Wildman–Crippen LogP) is 5.70.